The summed E-state index contributed by atoms with van der Waals surface area (Å²) in [7, 11) is 0. The predicted octanol–water partition coefficient (Wildman–Crippen LogP) is 2.42. The molecule has 0 fully saturated rings. The molecular formula is C14H15N3O. The molecule has 1 aromatic heterocycles. The smallest absolute Gasteiger partial charge is 0.185 e. The maximum Gasteiger partial charge on any atom is 0.185 e. The number of rotatable bonds is 1. The molecule has 1 aromatic carbocycles. The molecule has 0 radical (unpaired) electrons. The highest BCUT2D eigenvalue weighted by Crippen LogP contribution is 2.34. The number of aromatic nitrogens is 3. The van der Waals surface area contributed by atoms with E-state index in [0.717, 1.165) is 17.8 Å². The Bertz CT molecular complexity index is 599. The molecule has 4 heteroatoms. The maximum absolute atomic E-state index is 12.0. The van der Waals surface area contributed by atoms with Gasteiger partial charge in [-0.05, 0) is 24.0 Å². The number of hydrogen-bond donors (Lipinski definition) is 0. The molecule has 0 N–H and O–H groups in total. The Morgan fingerprint density at radius 3 is 2.61 bits per heavy atom. The minimum absolute atomic E-state index is 0.0155. The maximum atomic E-state index is 12.0. The van der Waals surface area contributed by atoms with Crippen molar-refractivity contribution in [1.29, 1.82) is 0 Å². The number of carbonyl (C=O) groups excluding carboxylic acids is 1. The van der Waals surface area contributed by atoms with Crippen LogP contribution in [0.2, 0.25) is 0 Å². The van der Waals surface area contributed by atoms with Gasteiger partial charge in [0.25, 0.3) is 0 Å². The zero-order valence-corrected chi connectivity index (χ0v) is 10.6. The summed E-state index contributed by atoms with van der Waals surface area (Å²) in [5.74, 6) is 0.100. The van der Waals surface area contributed by atoms with E-state index in [1.807, 2.05) is 30.3 Å². The van der Waals surface area contributed by atoms with Gasteiger partial charge < -0.3 is 0 Å². The third-order valence-corrected chi connectivity index (χ3v) is 3.31. The second-order valence-electron chi connectivity index (χ2n) is 5.57. The summed E-state index contributed by atoms with van der Waals surface area (Å²) in [6, 6.07) is 9.82. The van der Waals surface area contributed by atoms with E-state index in [2.05, 4.69) is 24.2 Å². The van der Waals surface area contributed by atoms with E-state index in [0.29, 0.717) is 12.1 Å². The lowest BCUT2D eigenvalue weighted by Crippen LogP contribution is -2.28. The molecule has 1 aliphatic rings. The van der Waals surface area contributed by atoms with E-state index in [-0.39, 0.29) is 11.2 Å². The van der Waals surface area contributed by atoms with Crippen LogP contribution in [0.5, 0.6) is 0 Å². The second kappa shape index (κ2) is 3.77. The molecule has 0 atom stereocenters. The van der Waals surface area contributed by atoms with Gasteiger partial charge in [0, 0.05) is 6.42 Å². The topological polar surface area (TPSA) is 47.8 Å². The minimum Gasteiger partial charge on any atom is -0.292 e. The Morgan fingerprint density at radius 1 is 1.17 bits per heavy atom. The van der Waals surface area contributed by atoms with Gasteiger partial charge in [0.15, 0.2) is 11.5 Å². The van der Waals surface area contributed by atoms with Gasteiger partial charge in [-0.2, -0.15) is 0 Å². The van der Waals surface area contributed by atoms with Crippen molar-refractivity contribution >= 4 is 5.78 Å². The average Bonchev–Trinajstić information content (AvgIpc) is 2.72. The average molecular weight is 241 g/mol. The van der Waals surface area contributed by atoms with E-state index in [1.165, 1.54) is 0 Å². The lowest BCUT2D eigenvalue weighted by atomic mass is 9.77. The summed E-state index contributed by atoms with van der Waals surface area (Å²) in [6.07, 6.45) is 1.38. The van der Waals surface area contributed by atoms with E-state index < -0.39 is 0 Å². The third-order valence-electron chi connectivity index (χ3n) is 3.31. The molecule has 0 spiro atoms. The fourth-order valence-electron chi connectivity index (χ4n) is 2.49. The summed E-state index contributed by atoms with van der Waals surface area (Å²) < 4.78 is 1.79. The van der Waals surface area contributed by atoms with Crippen LogP contribution < -0.4 is 0 Å². The Kier molecular flexibility index (Phi) is 2.33. The zero-order chi connectivity index (χ0) is 12.8. The first kappa shape index (κ1) is 11.1. The lowest BCUT2D eigenvalue weighted by Gasteiger charge is -2.27. The highest BCUT2D eigenvalue weighted by atomic mass is 16.1. The Balaban J connectivity index is 2.13. The van der Waals surface area contributed by atoms with Gasteiger partial charge in [-0.25, -0.2) is 4.68 Å². The van der Waals surface area contributed by atoms with E-state index >= 15 is 0 Å². The van der Waals surface area contributed by atoms with Crippen molar-refractivity contribution in [1.82, 2.24) is 15.0 Å². The van der Waals surface area contributed by atoms with Crippen molar-refractivity contribution in [2.24, 2.45) is 5.41 Å². The first-order chi connectivity index (χ1) is 8.57. The van der Waals surface area contributed by atoms with E-state index in [9.17, 15) is 4.79 Å². The molecule has 1 heterocycles. The van der Waals surface area contributed by atoms with Gasteiger partial charge in [-0.15, -0.1) is 5.10 Å². The molecular weight excluding hydrogens is 226 g/mol. The standard InChI is InChI=1S/C14H15N3O/c1-14(2)8-11-13(12(18)9-14)15-16-17(11)10-6-4-3-5-7-10/h3-7H,8-9H2,1-2H3. The summed E-state index contributed by atoms with van der Waals surface area (Å²) >= 11 is 0. The van der Waals surface area contributed by atoms with Crippen LogP contribution in [0.1, 0.15) is 36.5 Å². The molecule has 0 aliphatic heterocycles. The molecule has 92 valence electrons. The Morgan fingerprint density at radius 2 is 1.89 bits per heavy atom. The van der Waals surface area contributed by atoms with E-state index in [4.69, 9.17) is 0 Å². The van der Waals surface area contributed by atoms with Crippen molar-refractivity contribution in [3.8, 4) is 5.69 Å². The first-order valence-electron chi connectivity index (χ1n) is 6.10. The van der Waals surface area contributed by atoms with Crippen LogP contribution in [0.25, 0.3) is 5.69 Å². The molecule has 3 rings (SSSR count). The van der Waals surface area contributed by atoms with Crippen molar-refractivity contribution in [2.45, 2.75) is 26.7 Å². The first-order valence-corrected chi connectivity index (χ1v) is 6.10. The predicted molar refractivity (Wildman–Crippen MR) is 67.8 cm³/mol. The molecule has 0 saturated carbocycles. The number of Topliss-reactive ketones (excluding diaryl/α,β-unsaturated/α-hetero) is 1. The van der Waals surface area contributed by atoms with Crippen LogP contribution in [0, 0.1) is 5.41 Å². The molecule has 18 heavy (non-hydrogen) atoms. The number of carbonyl (C=O) groups is 1. The van der Waals surface area contributed by atoms with Crippen LogP contribution in [0.4, 0.5) is 0 Å². The molecule has 0 saturated heterocycles. The molecule has 2 aromatic rings. The second-order valence-corrected chi connectivity index (χ2v) is 5.57. The van der Waals surface area contributed by atoms with Crippen LogP contribution in [0.3, 0.4) is 0 Å². The number of para-hydroxylation sites is 1. The fourth-order valence-corrected chi connectivity index (χ4v) is 2.49. The van der Waals surface area contributed by atoms with Gasteiger partial charge in [-0.3, -0.25) is 4.79 Å². The normalized spacial score (nSPS) is 17.6. The minimum atomic E-state index is -0.0155. The van der Waals surface area contributed by atoms with Crippen molar-refractivity contribution < 1.29 is 4.79 Å². The van der Waals surface area contributed by atoms with Gasteiger partial charge >= 0.3 is 0 Å². The van der Waals surface area contributed by atoms with Crippen molar-refractivity contribution in [2.75, 3.05) is 0 Å². The fraction of sp³-hybridized carbons (Fsp3) is 0.357. The molecule has 0 unspecified atom stereocenters. The van der Waals surface area contributed by atoms with Crippen molar-refractivity contribution in [3.05, 3.63) is 41.7 Å². The molecule has 4 nitrogen and oxygen atoms in total. The lowest BCUT2D eigenvalue weighted by molar-refractivity contribution is 0.0905. The Labute approximate surface area is 106 Å². The molecule has 0 bridgehead atoms. The summed E-state index contributed by atoms with van der Waals surface area (Å²) in [6.45, 7) is 4.21. The van der Waals surface area contributed by atoms with Crippen LogP contribution in [-0.4, -0.2) is 20.8 Å². The van der Waals surface area contributed by atoms with Crippen molar-refractivity contribution in [3.63, 3.8) is 0 Å². The molecule has 0 amide bonds. The summed E-state index contributed by atoms with van der Waals surface area (Å²) in [5, 5.41) is 8.17. The third kappa shape index (κ3) is 1.74. The highest BCUT2D eigenvalue weighted by Gasteiger charge is 2.35. The van der Waals surface area contributed by atoms with Gasteiger partial charge in [0.1, 0.15) is 0 Å². The SMILES string of the molecule is CC1(C)CC(=O)c2nnn(-c3ccccc3)c2C1. The highest BCUT2D eigenvalue weighted by molar-refractivity contribution is 5.96. The summed E-state index contributed by atoms with van der Waals surface area (Å²) in [5.41, 5.74) is 2.41. The Hall–Kier alpha value is -1.97. The van der Waals surface area contributed by atoms with E-state index in [1.54, 1.807) is 4.68 Å². The molecule has 1 aliphatic carbocycles. The number of nitrogens with zero attached hydrogens (tertiary/aromatic N) is 3. The van der Waals surface area contributed by atoms with Gasteiger partial charge in [0.2, 0.25) is 0 Å². The zero-order valence-electron chi connectivity index (χ0n) is 10.6. The van der Waals surface area contributed by atoms with Crippen LogP contribution >= 0.6 is 0 Å². The number of benzene rings is 1. The van der Waals surface area contributed by atoms with Crippen LogP contribution in [0.15, 0.2) is 30.3 Å². The quantitative estimate of drug-likeness (QED) is 0.770. The van der Waals surface area contributed by atoms with Crippen LogP contribution in [-0.2, 0) is 6.42 Å². The summed E-state index contributed by atoms with van der Waals surface area (Å²) in [4.78, 5) is 12.0. The number of ketones is 1. The van der Waals surface area contributed by atoms with Gasteiger partial charge in [-0.1, -0.05) is 37.3 Å². The van der Waals surface area contributed by atoms with Gasteiger partial charge in [0.05, 0.1) is 11.4 Å². The largest absolute Gasteiger partial charge is 0.292 e. The number of hydrogen-bond acceptors (Lipinski definition) is 3. The number of fused-ring (bicyclic) bond motifs is 1. The monoisotopic (exact) mass is 241 g/mol.